The minimum absolute atomic E-state index is 0.0629. The summed E-state index contributed by atoms with van der Waals surface area (Å²) in [6.45, 7) is 1.55. The number of ether oxygens (including phenoxy) is 1. The molecule has 1 aromatic carbocycles. The van der Waals surface area contributed by atoms with Crippen molar-refractivity contribution in [1.29, 1.82) is 0 Å². The highest BCUT2D eigenvalue weighted by atomic mass is 79.9. The molecule has 1 aliphatic rings. The first-order chi connectivity index (χ1) is 9.93. The summed E-state index contributed by atoms with van der Waals surface area (Å²) in [5, 5.41) is 9.16. The minimum Gasteiger partial charge on any atom is -0.497 e. The van der Waals surface area contributed by atoms with Crippen molar-refractivity contribution in [3.05, 3.63) is 28.2 Å². The lowest BCUT2D eigenvalue weighted by Gasteiger charge is -2.26. The van der Waals surface area contributed by atoms with Gasteiger partial charge in [-0.3, -0.25) is 4.79 Å². The Hall–Kier alpha value is -1.56. The first kappa shape index (κ1) is 15.8. The molecule has 0 spiro atoms. The zero-order valence-corrected chi connectivity index (χ0v) is 13.6. The normalized spacial score (nSPS) is 15.4. The number of benzene rings is 1. The second-order valence-corrected chi connectivity index (χ2v) is 6.03. The summed E-state index contributed by atoms with van der Waals surface area (Å²) >= 11 is 3.41. The Morgan fingerprint density at radius 1 is 1.48 bits per heavy atom. The van der Waals surface area contributed by atoms with Crippen LogP contribution < -0.4 is 4.74 Å². The molecule has 1 saturated carbocycles. The van der Waals surface area contributed by atoms with Crippen LogP contribution in [-0.4, -0.2) is 41.1 Å². The average molecular weight is 356 g/mol. The average Bonchev–Trinajstić information content (AvgIpc) is 3.26. The van der Waals surface area contributed by atoms with Crippen molar-refractivity contribution in [3.8, 4) is 5.75 Å². The maximum Gasteiger partial charge on any atom is 0.326 e. The van der Waals surface area contributed by atoms with Crippen molar-refractivity contribution < 1.29 is 19.4 Å². The molecule has 21 heavy (non-hydrogen) atoms. The third-order valence-electron chi connectivity index (χ3n) is 3.60. The molecule has 1 aromatic rings. The molecule has 0 heterocycles. The van der Waals surface area contributed by atoms with E-state index in [9.17, 15) is 9.59 Å². The van der Waals surface area contributed by atoms with E-state index in [-0.39, 0.29) is 18.4 Å². The van der Waals surface area contributed by atoms with Crippen LogP contribution in [0.5, 0.6) is 5.75 Å². The fourth-order valence-electron chi connectivity index (χ4n) is 2.28. The summed E-state index contributed by atoms with van der Waals surface area (Å²) in [6.07, 6.45) is 1.91. The highest BCUT2D eigenvalue weighted by molar-refractivity contribution is 9.10. The lowest BCUT2D eigenvalue weighted by Crippen LogP contribution is -2.45. The summed E-state index contributed by atoms with van der Waals surface area (Å²) in [5.74, 6) is -0.466. The Balaban J connectivity index is 2.17. The van der Waals surface area contributed by atoms with Gasteiger partial charge in [-0.2, -0.15) is 0 Å². The van der Waals surface area contributed by atoms with Gasteiger partial charge in [0.25, 0.3) is 0 Å². The Bertz CT molecular complexity index is 557. The van der Waals surface area contributed by atoms with Gasteiger partial charge in [-0.05, 0) is 43.5 Å². The molecule has 0 radical (unpaired) electrons. The second kappa shape index (κ2) is 6.47. The molecular formula is C15H18BrNO4. The van der Waals surface area contributed by atoms with Gasteiger partial charge in [0.05, 0.1) is 13.5 Å². The van der Waals surface area contributed by atoms with Crippen LogP contribution in [0.25, 0.3) is 0 Å². The Kier molecular flexibility index (Phi) is 4.88. The third kappa shape index (κ3) is 3.75. The van der Waals surface area contributed by atoms with E-state index in [0.29, 0.717) is 5.75 Å². The van der Waals surface area contributed by atoms with Gasteiger partial charge in [-0.15, -0.1) is 0 Å². The number of carbonyl (C=O) groups is 2. The molecular weight excluding hydrogens is 338 g/mol. The van der Waals surface area contributed by atoms with Gasteiger partial charge in [0.1, 0.15) is 11.8 Å². The molecule has 5 nitrogen and oxygen atoms in total. The zero-order valence-electron chi connectivity index (χ0n) is 12.0. The number of halogens is 1. The lowest BCUT2D eigenvalue weighted by molar-refractivity contribution is -0.149. The zero-order chi connectivity index (χ0) is 15.6. The molecule has 0 bridgehead atoms. The summed E-state index contributed by atoms with van der Waals surface area (Å²) in [5.41, 5.74) is 0.794. The van der Waals surface area contributed by atoms with Gasteiger partial charge in [0.15, 0.2) is 0 Å². The van der Waals surface area contributed by atoms with E-state index in [1.165, 1.54) is 4.90 Å². The molecule has 1 amide bonds. The van der Waals surface area contributed by atoms with Crippen molar-refractivity contribution in [2.75, 3.05) is 7.11 Å². The van der Waals surface area contributed by atoms with Crippen LogP contribution in [-0.2, 0) is 16.0 Å². The van der Waals surface area contributed by atoms with Crippen LogP contribution in [0, 0.1) is 0 Å². The number of hydrogen-bond acceptors (Lipinski definition) is 3. The fraction of sp³-hybridized carbons (Fsp3) is 0.467. The quantitative estimate of drug-likeness (QED) is 0.850. The maximum atomic E-state index is 12.5. The lowest BCUT2D eigenvalue weighted by atomic mass is 10.1. The predicted octanol–water partition coefficient (Wildman–Crippen LogP) is 2.46. The Morgan fingerprint density at radius 2 is 2.14 bits per heavy atom. The SMILES string of the molecule is COc1ccc(Br)c(CC(=O)N(C2CC2)C(C)C(=O)O)c1. The molecule has 1 N–H and O–H groups in total. The van der Waals surface area contributed by atoms with Crippen LogP contribution in [0.3, 0.4) is 0 Å². The summed E-state index contributed by atoms with van der Waals surface area (Å²) in [7, 11) is 1.57. The highest BCUT2D eigenvalue weighted by Gasteiger charge is 2.38. The standard InChI is InChI=1S/C15H18BrNO4/c1-9(15(19)20)17(11-3-4-11)14(18)8-10-7-12(21-2)5-6-13(10)16/h5-7,9,11H,3-4,8H2,1-2H3,(H,19,20). The molecule has 1 atom stereocenters. The Labute approximate surface area is 132 Å². The minimum atomic E-state index is -0.972. The van der Waals surface area contributed by atoms with E-state index in [4.69, 9.17) is 9.84 Å². The van der Waals surface area contributed by atoms with Gasteiger partial charge < -0.3 is 14.7 Å². The largest absolute Gasteiger partial charge is 0.497 e. The molecule has 1 unspecified atom stereocenters. The highest BCUT2D eigenvalue weighted by Crippen LogP contribution is 2.30. The van der Waals surface area contributed by atoms with Crippen molar-refractivity contribution in [1.82, 2.24) is 4.90 Å². The van der Waals surface area contributed by atoms with E-state index in [0.717, 1.165) is 22.9 Å². The molecule has 114 valence electrons. The van der Waals surface area contributed by atoms with Gasteiger partial charge in [0.2, 0.25) is 5.91 Å². The van der Waals surface area contributed by atoms with Crippen molar-refractivity contribution in [2.24, 2.45) is 0 Å². The molecule has 0 aromatic heterocycles. The first-order valence-corrected chi connectivity index (χ1v) is 7.59. The maximum absolute atomic E-state index is 12.5. The molecule has 1 fully saturated rings. The molecule has 0 aliphatic heterocycles. The smallest absolute Gasteiger partial charge is 0.326 e. The van der Waals surface area contributed by atoms with E-state index >= 15 is 0 Å². The van der Waals surface area contributed by atoms with Gasteiger partial charge in [0, 0.05) is 10.5 Å². The molecule has 0 saturated heterocycles. The molecule has 6 heteroatoms. The monoisotopic (exact) mass is 355 g/mol. The summed E-state index contributed by atoms with van der Waals surface area (Å²) in [6, 6.07) is 4.68. The third-order valence-corrected chi connectivity index (χ3v) is 4.37. The van der Waals surface area contributed by atoms with E-state index < -0.39 is 12.0 Å². The van der Waals surface area contributed by atoms with Gasteiger partial charge in [-0.1, -0.05) is 15.9 Å². The number of carbonyl (C=O) groups excluding carboxylic acids is 1. The number of carboxylic acid groups (broad SMARTS) is 1. The number of rotatable bonds is 6. The van der Waals surface area contributed by atoms with E-state index in [2.05, 4.69) is 15.9 Å². The number of carboxylic acids is 1. The van der Waals surface area contributed by atoms with Gasteiger partial charge >= 0.3 is 5.97 Å². The number of aliphatic carboxylic acids is 1. The van der Waals surface area contributed by atoms with E-state index in [1.807, 2.05) is 6.07 Å². The first-order valence-electron chi connectivity index (χ1n) is 6.80. The number of nitrogens with zero attached hydrogens (tertiary/aromatic N) is 1. The van der Waals surface area contributed by atoms with Crippen LogP contribution in [0.15, 0.2) is 22.7 Å². The van der Waals surface area contributed by atoms with E-state index in [1.54, 1.807) is 26.2 Å². The number of hydrogen-bond donors (Lipinski definition) is 1. The van der Waals surface area contributed by atoms with Crippen LogP contribution in [0.1, 0.15) is 25.3 Å². The van der Waals surface area contributed by atoms with Crippen LogP contribution in [0.2, 0.25) is 0 Å². The van der Waals surface area contributed by atoms with Crippen LogP contribution >= 0.6 is 15.9 Å². The summed E-state index contributed by atoms with van der Waals surface area (Å²) < 4.78 is 5.97. The number of amides is 1. The molecule has 2 rings (SSSR count). The van der Waals surface area contributed by atoms with Crippen molar-refractivity contribution in [3.63, 3.8) is 0 Å². The predicted molar refractivity (Wildman–Crippen MR) is 81.4 cm³/mol. The summed E-state index contributed by atoms with van der Waals surface area (Å²) in [4.78, 5) is 25.2. The fourth-order valence-corrected chi connectivity index (χ4v) is 2.66. The number of methoxy groups -OCH3 is 1. The van der Waals surface area contributed by atoms with Crippen molar-refractivity contribution in [2.45, 2.75) is 38.3 Å². The van der Waals surface area contributed by atoms with Gasteiger partial charge in [-0.25, -0.2) is 4.79 Å². The topological polar surface area (TPSA) is 66.8 Å². The second-order valence-electron chi connectivity index (χ2n) is 5.18. The van der Waals surface area contributed by atoms with Crippen molar-refractivity contribution >= 4 is 27.8 Å². The van der Waals surface area contributed by atoms with Crippen LogP contribution in [0.4, 0.5) is 0 Å². The molecule has 1 aliphatic carbocycles. The Morgan fingerprint density at radius 3 is 2.67 bits per heavy atom.